The highest BCUT2D eigenvalue weighted by Crippen LogP contribution is 2.36. The van der Waals surface area contributed by atoms with E-state index in [1.807, 2.05) is 0 Å². The summed E-state index contributed by atoms with van der Waals surface area (Å²) in [6.45, 7) is 2.14. The molecule has 1 saturated heterocycles. The SMILES string of the molecule is CN(C1CCOC1)C1CC1CO. The first-order chi connectivity index (χ1) is 5.83. The lowest BCUT2D eigenvalue weighted by atomic mass is 10.2. The third kappa shape index (κ3) is 1.49. The summed E-state index contributed by atoms with van der Waals surface area (Å²) < 4.78 is 5.32. The molecule has 0 bridgehead atoms. The molecule has 2 aliphatic rings. The second-order valence-electron chi connectivity index (χ2n) is 3.93. The van der Waals surface area contributed by atoms with Gasteiger partial charge in [-0.15, -0.1) is 0 Å². The van der Waals surface area contributed by atoms with Crippen LogP contribution in [-0.4, -0.2) is 49.0 Å². The van der Waals surface area contributed by atoms with Crippen molar-refractivity contribution in [1.29, 1.82) is 0 Å². The summed E-state index contributed by atoms with van der Waals surface area (Å²) in [6, 6.07) is 1.23. The van der Waals surface area contributed by atoms with E-state index in [0.717, 1.165) is 19.6 Å². The predicted octanol–water partition coefficient (Wildman–Crippen LogP) is 0.0879. The smallest absolute Gasteiger partial charge is 0.0622 e. The summed E-state index contributed by atoms with van der Waals surface area (Å²) >= 11 is 0. The van der Waals surface area contributed by atoms with Crippen molar-refractivity contribution in [2.75, 3.05) is 26.9 Å². The number of hydrogen-bond acceptors (Lipinski definition) is 3. The highest BCUT2D eigenvalue weighted by Gasteiger charge is 2.42. The Morgan fingerprint density at radius 3 is 2.92 bits per heavy atom. The number of hydrogen-bond donors (Lipinski definition) is 1. The maximum atomic E-state index is 8.91. The minimum Gasteiger partial charge on any atom is -0.396 e. The molecule has 0 aromatic carbocycles. The van der Waals surface area contributed by atoms with Crippen LogP contribution in [0.2, 0.25) is 0 Å². The van der Waals surface area contributed by atoms with Crippen molar-refractivity contribution in [2.45, 2.75) is 24.9 Å². The van der Waals surface area contributed by atoms with Gasteiger partial charge in [-0.2, -0.15) is 0 Å². The molecular weight excluding hydrogens is 154 g/mol. The maximum absolute atomic E-state index is 8.91. The Hall–Kier alpha value is -0.120. The first-order valence-corrected chi connectivity index (χ1v) is 4.73. The van der Waals surface area contributed by atoms with Crippen LogP contribution in [0.5, 0.6) is 0 Å². The van der Waals surface area contributed by atoms with Crippen molar-refractivity contribution in [3.05, 3.63) is 0 Å². The molecule has 1 aliphatic carbocycles. The van der Waals surface area contributed by atoms with Gasteiger partial charge in [-0.05, 0) is 25.8 Å². The molecule has 3 heteroatoms. The van der Waals surface area contributed by atoms with Gasteiger partial charge in [0.15, 0.2) is 0 Å². The van der Waals surface area contributed by atoms with Crippen LogP contribution in [0.4, 0.5) is 0 Å². The molecule has 1 N–H and O–H groups in total. The Balaban J connectivity index is 1.80. The Bertz CT molecular complexity index is 157. The zero-order valence-electron chi connectivity index (χ0n) is 7.57. The van der Waals surface area contributed by atoms with Crippen molar-refractivity contribution in [2.24, 2.45) is 5.92 Å². The number of ether oxygens (including phenoxy) is 1. The van der Waals surface area contributed by atoms with Crippen molar-refractivity contribution in [3.63, 3.8) is 0 Å². The number of aliphatic hydroxyl groups excluding tert-OH is 1. The fraction of sp³-hybridized carbons (Fsp3) is 1.00. The van der Waals surface area contributed by atoms with Crippen molar-refractivity contribution in [1.82, 2.24) is 4.90 Å². The molecule has 3 unspecified atom stereocenters. The Kier molecular flexibility index (Phi) is 2.35. The van der Waals surface area contributed by atoms with Gasteiger partial charge in [-0.25, -0.2) is 0 Å². The lowest BCUT2D eigenvalue weighted by Crippen LogP contribution is -2.34. The number of rotatable bonds is 3. The van der Waals surface area contributed by atoms with Gasteiger partial charge in [-0.1, -0.05) is 0 Å². The Morgan fingerprint density at radius 2 is 2.42 bits per heavy atom. The van der Waals surface area contributed by atoms with E-state index in [9.17, 15) is 0 Å². The molecule has 1 heterocycles. The molecule has 0 amide bonds. The molecule has 0 spiro atoms. The van der Waals surface area contributed by atoms with Gasteiger partial charge in [0.25, 0.3) is 0 Å². The second-order valence-corrected chi connectivity index (χ2v) is 3.93. The average molecular weight is 171 g/mol. The van der Waals surface area contributed by atoms with Crippen LogP contribution in [0.25, 0.3) is 0 Å². The molecule has 1 saturated carbocycles. The number of likely N-dealkylation sites (N-methyl/N-ethyl adjacent to an activating group) is 1. The maximum Gasteiger partial charge on any atom is 0.0622 e. The molecule has 0 radical (unpaired) electrons. The zero-order chi connectivity index (χ0) is 8.55. The zero-order valence-corrected chi connectivity index (χ0v) is 7.57. The summed E-state index contributed by atoms with van der Waals surface area (Å²) in [5.41, 5.74) is 0. The van der Waals surface area contributed by atoms with E-state index in [1.165, 1.54) is 6.42 Å². The van der Waals surface area contributed by atoms with E-state index in [-0.39, 0.29) is 0 Å². The van der Waals surface area contributed by atoms with E-state index in [4.69, 9.17) is 9.84 Å². The molecule has 3 nitrogen and oxygen atoms in total. The van der Waals surface area contributed by atoms with Crippen LogP contribution in [0, 0.1) is 5.92 Å². The summed E-state index contributed by atoms with van der Waals surface area (Å²) in [7, 11) is 2.15. The topological polar surface area (TPSA) is 32.7 Å². The highest BCUT2D eigenvalue weighted by molar-refractivity contribution is 4.96. The van der Waals surface area contributed by atoms with Crippen LogP contribution in [0.15, 0.2) is 0 Å². The summed E-state index contributed by atoms with van der Waals surface area (Å²) in [6.07, 6.45) is 2.33. The van der Waals surface area contributed by atoms with Crippen LogP contribution in [-0.2, 0) is 4.74 Å². The molecule has 3 atom stereocenters. The lowest BCUT2D eigenvalue weighted by molar-refractivity contribution is 0.148. The number of nitrogens with zero attached hydrogens (tertiary/aromatic N) is 1. The normalized spacial score (nSPS) is 40.8. The van der Waals surface area contributed by atoms with E-state index < -0.39 is 0 Å². The van der Waals surface area contributed by atoms with Gasteiger partial charge in [0.05, 0.1) is 6.61 Å². The first kappa shape index (κ1) is 8.48. The average Bonchev–Trinajstić information content (AvgIpc) is 2.68. The summed E-state index contributed by atoms with van der Waals surface area (Å²) in [5.74, 6) is 0.538. The van der Waals surface area contributed by atoms with Crippen LogP contribution in [0.1, 0.15) is 12.8 Å². The molecule has 12 heavy (non-hydrogen) atoms. The van der Waals surface area contributed by atoms with Crippen molar-refractivity contribution in [3.8, 4) is 0 Å². The van der Waals surface area contributed by atoms with Gasteiger partial charge in [0, 0.05) is 25.3 Å². The fourth-order valence-electron chi connectivity index (χ4n) is 2.04. The fourth-order valence-corrected chi connectivity index (χ4v) is 2.04. The summed E-state index contributed by atoms with van der Waals surface area (Å²) in [4.78, 5) is 2.38. The van der Waals surface area contributed by atoms with Crippen LogP contribution < -0.4 is 0 Å². The third-order valence-electron chi connectivity index (χ3n) is 3.12. The van der Waals surface area contributed by atoms with Gasteiger partial charge < -0.3 is 9.84 Å². The monoisotopic (exact) mass is 171 g/mol. The summed E-state index contributed by atoms with van der Waals surface area (Å²) in [5, 5.41) is 8.91. The second kappa shape index (κ2) is 3.32. The standard InChI is InChI=1S/C9H17NO2/c1-10(8-2-3-12-6-8)9-4-7(9)5-11/h7-9,11H,2-6H2,1H3. The Morgan fingerprint density at radius 1 is 1.58 bits per heavy atom. The molecular formula is C9H17NO2. The molecule has 2 fully saturated rings. The molecule has 70 valence electrons. The van der Waals surface area contributed by atoms with Crippen molar-refractivity contribution >= 4 is 0 Å². The van der Waals surface area contributed by atoms with E-state index >= 15 is 0 Å². The molecule has 2 rings (SSSR count). The lowest BCUT2D eigenvalue weighted by Gasteiger charge is -2.22. The largest absolute Gasteiger partial charge is 0.396 e. The van der Waals surface area contributed by atoms with Gasteiger partial charge in [0.1, 0.15) is 0 Å². The number of aliphatic hydroxyl groups is 1. The van der Waals surface area contributed by atoms with Gasteiger partial charge in [-0.3, -0.25) is 4.90 Å². The van der Waals surface area contributed by atoms with E-state index in [2.05, 4.69) is 11.9 Å². The van der Waals surface area contributed by atoms with Gasteiger partial charge >= 0.3 is 0 Å². The first-order valence-electron chi connectivity index (χ1n) is 4.73. The molecule has 1 aliphatic heterocycles. The molecule has 0 aromatic heterocycles. The predicted molar refractivity (Wildman–Crippen MR) is 46.0 cm³/mol. The molecule has 0 aromatic rings. The van der Waals surface area contributed by atoms with Gasteiger partial charge in [0.2, 0.25) is 0 Å². The van der Waals surface area contributed by atoms with Crippen LogP contribution in [0.3, 0.4) is 0 Å². The highest BCUT2D eigenvalue weighted by atomic mass is 16.5. The minimum atomic E-state index is 0.350. The van der Waals surface area contributed by atoms with E-state index in [0.29, 0.717) is 24.6 Å². The Labute approximate surface area is 73.3 Å². The van der Waals surface area contributed by atoms with E-state index in [1.54, 1.807) is 0 Å². The minimum absolute atomic E-state index is 0.350. The van der Waals surface area contributed by atoms with Crippen molar-refractivity contribution < 1.29 is 9.84 Å². The quantitative estimate of drug-likeness (QED) is 0.653. The third-order valence-corrected chi connectivity index (χ3v) is 3.12. The van der Waals surface area contributed by atoms with Crippen LogP contribution >= 0.6 is 0 Å².